The lowest BCUT2D eigenvalue weighted by Gasteiger charge is -2.22. The Morgan fingerprint density at radius 2 is 2.00 bits per heavy atom. The smallest absolute Gasteiger partial charge is 0.213 e. The van der Waals surface area contributed by atoms with Crippen molar-refractivity contribution >= 4 is 29.9 Å². The number of likely N-dealkylation sites (N-methyl/N-ethyl adjacent to an activating group) is 1. The molecule has 1 aromatic heterocycles. The summed E-state index contributed by atoms with van der Waals surface area (Å²) in [7, 11) is 5.36. The van der Waals surface area contributed by atoms with E-state index in [-0.39, 0.29) is 24.0 Å². The van der Waals surface area contributed by atoms with Gasteiger partial charge in [0.15, 0.2) is 5.96 Å². The summed E-state index contributed by atoms with van der Waals surface area (Å²) in [6.07, 6.45) is 1.73. The van der Waals surface area contributed by atoms with Crippen LogP contribution in [0.25, 0.3) is 0 Å². The van der Waals surface area contributed by atoms with Crippen LogP contribution in [-0.2, 0) is 6.54 Å². The lowest BCUT2D eigenvalue weighted by molar-refractivity contribution is 0.281. The molecule has 0 aliphatic carbocycles. The van der Waals surface area contributed by atoms with Gasteiger partial charge in [-0.1, -0.05) is 18.2 Å². The number of nitrogens with zero attached hydrogens (tertiary/aromatic N) is 3. The van der Waals surface area contributed by atoms with Crippen molar-refractivity contribution in [3.8, 4) is 11.6 Å². The first-order valence-corrected chi connectivity index (χ1v) is 7.81. The number of para-hydroxylation sites is 1. The lowest BCUT2D eigenvalue weighted by Crippen LogP contribution is -2.40. The number of hydrogen-bond donors (Lipinski definition) is 1. The van der Waals surface area contributed by atoms with Crippen LogP contribution >= 0.6 is 24.0 Å². The molecule has 6 nitrogen and oxygen atoms in total. The molecule has 0 unspecified atom stereocenters. The fourth-order valence-corrected chi connectivity index (χ4v) is 2.16. The zero-order valence-electron chi connectivity index (χ0n) is 14.8. The van der Waals surface area contributed by atoms with Crippen LogP contribution in [0.1, 0.15) is 5.56 Å². The number of halogens is 1. The van der Waals surface area contributed by atoms with Gasteiger partial charge in [-0.05, 0) is 23.8 Å². The summed E-state index contributed by atoms with van der Waals surface area (Å²) in [5, 5.41) is 3.32. The standard InChI is InChI=1S/C18H24N4O2.HI/c1-19-18(21-14-15-9-10-20-17(13-15)23-3)22(2)11-12-24-16-7-5-4-6-8-16;/h4-10,13H,11-12,14H2,1-3H3,(H,19,21);1H. The second kappa shape index (κ2) is 11.5. The van der Waals surface area contributed by atoms with Gasteiger partial charge in [0, 0.05) is 32.9 Å². The number of aliphatic imine (C=N–C) groups is 1. The zero-order chi connectivity index (χ0) is 17.2. The predicted octanol–water partition coefficient (Wildman–Crippen LogP) is 2.79. The SMILES string of the molecule is CN=C(NCc1ccnc(OC)c1)N(C)CCOc1ccccc1.I. The molecule has 0 aliphatic heterocycles. The number of hydrogen-bond acceptors (Lipinski definition) is 4. The Hall–Kier alpha value is -2.03. The van der Waals surface area contributed by atoms with E-state index in [9.17, 15) is 0 Å². The van der Waals surface area contributed by atoms with Crippen LogP contribution in [0.5, 0.6) is 11.6 Å². The maximum Gasteiger partial charge on any atom is 0.213 e. The maximum atomic E-state index is 5.72. The summed E-state index contributed by atoms with van der Waals surface area (Å²) in [6, 6.07) is 13.6. The van der Waals surface area contributed by atoms with Crippen LogP contribution in [0.2, 0.25) is 0 Å². The van der Waals surface area contributed by atoms with E-state index in [0.29, 0.717) is 19.0 Å². The zero-order valence-corrected chi connectivity index (χ0v) is 17.1. The molecule has 136 valence electrons. The third-order valence-corrected chi connectivity index (χ3v) is 3.47. The second-order valence-electron chi connectivity index (χ2n) is 5.19. The Morgan fingerprint density at radius 1 is 1.24 bits per heavy atom. The Morgan fingerprint density at radius 3 is 2.68 bits per heavy atom. The van der Waals surface area contributed by atoms with Gasteiger partial charge in [0.25, 0.3) is 0 Å². The molecule has 0 aliphatic rings. The summed E-state index contributed by atoms with van der Waals surface area (Å²) in [5.74, 6) is 2.29. The van der Waals surface area contributed by atoms with Crippen molar-refractivity contribution in [1.29, 1.82) is 0 Å². The van der Waals surface area contributed by atoms with Crippen LogP contribution in [-0.4, -0.2) is 50.2 Å². The number of rotatable bonds is 7. The fourth-order valence-electron chi connectivity index (χ4n) is 2.16. The largest absolute Gasteiger partial charge is 0.492 e. The van der Waals surface area contributed by atoms with Crippen molar-refractivity contribution in [1.82, 2.24) is 15.2 Å². The minimum absolute atomic E-state index is 0. The normalized spacial score (nSPS) is 10.6. The van der Waals surface area contributed by atoms with Crippen molar-refractivity contribution in [2.45, 2.75) is 6.54 Å². The van der Waals surface area contributed by atoms with Crippen molar-refractivity contribution < 1.29 is 9.47 Å². The summed E-state index contributed by atoms with van der Waals surface area (Å²) >= 11 is 0. The van der Waals surface area contributed by atoms with Gasteiger partial charge in [0.2, 0.25) is 5.88 Å². The van der Waals surface area contributed by atoms with E-state index in [1.165, 1.54) is 0 Å². The van der Waals surface area contributed by atoms with E-state index >= 15 is 0 Å². The van der Waals surface area contributed by atoms with Gasteiger partial charge in [-0.25, -0.2) is 4.98 Å². The molecule has 2 rings (SSSR count). The number of guanidine groups is 1. The van der Waals surface area contributed by atoms with Crippen LogP contribution in [0.3, 0.4) is 0 Å². The first kappa shape index (κ1) is 21.0. The van der Waals surface area contributed by atoms with Crippen molar-refractivity contribution in [2.24, 2.45) is 4.99 Å². The monoisotopic (exact) mass is 456 g/mol. The van der Waals surface area contributed by atoms with Crippen LogP contribution in [0.15, 0.2) is 53.7 Å². The van der Waals surface area contributed by atoms with Gasteiger partial charge >= 0.3 is 0 Å². The van der Waals surface area contributed by atoms with Crippen LogP contribution < -0.4 is 14.8 Å². The number of pyridine rings is 1. The van der Waals surface area contributed by atoms with Gasteiger partial charge in [-0.2, -0.15) is 0 Å². The molecule has 7 heteroatoms. The molecule has 0 saturated heterocycles. The molecule has 0 fully saturated rings. The van der Waals surface area contributed by atoms with Crippen LogP contribution in [0, 0.1) is 0 Å². The minimum Gasteiger partial charge on any atom is -0.492 e. The van der Waals surface area contributed by atoms with Gasteiger partial charge in [0.05, 0.1) is 13.7 Å². The van der Waals surface area contributed by atoms with Crippen molar-refractivity contribution in [2.75, 3.05) is 34.4 Å². The Balaban J connectivity index is 0.00000312. The first-order chi connectivity index (χ1) is 11.7. The van der Waals surface area contributed by atoms with Crippen molar-refractivity contribution in [3.63, 3.8) is 0 Å². The lowest BCUT2D eigenvalue weighted by atomic mass is 10.2. The molecular weight excluding hydrogens is 431 g/mol. The van der Waals surface area contributed by atoms with E-state index < -0.39 is 0 Å². The highest BCUT2D eigenvalue weighted by Gasteiger charge is 2.06. The topological polar surface area (TPSA) is 59.0 Å². The minimum atomic E-state index is 0. The summed E-state index contributed by atoms with van der Waals surface area (Å²) in [5.41, 5.74) is 1.08. The van der Waals surface area contributed by atoms with Gasteiger partial charge in [-0.15, -0.1) is 24.0 Å². The number of ether oxygens (including phenoxy) is 2. The Bertz CT molecular complexity index is 653. The molecule has 2 aromatic rings. The molecule has 1 heterocycles. The molecule has 25 heavy (non-hydrogen) atoms. The Kier molecular flexibility index (Phi) is 9.68. The summed E-state index contributed by atoms with van der Waals surface area (Å²) in [6.45, 7) is 1.97. The molecule has 0 spiro atoms. The maximum absolute atomic E-state index is 5.72. The number of benzene rings is 1. The molecule has 1 aromatic carbocycles. The number of aromatic nitrogens is 1. The molecule has 0 bridgehead atoms. The van der Waals surface area contributed by atoms with Crippen molar-refractivity contribution in [3.05, 3.63) is 54.2 Å². The number of methoxy groups -OCH3 is 1. The highest BCUT2D eigenvalue weighted by molar-refractivity contribution is 14.0. The molecule has 0 saturated carbocycles. The number of nitrogens with one attached hydrogen (secondary N) is 1. The Labute approximate surface area is 166 Å². The van der Waals surface area contributed by atoms with E-state index in [1.807, 2.05) is 54.4 Å². The summed E-state index contributed by atoms with van der Waals surface area (Å²) in [4.78, 5) is 10.4. The molecule has 0 atom stereocenters. The fraction of sp³-hybridized carbons (Fsp3) is 0.333. The quantitative estimate of drug-likeness (QED) is 0.395. The highest BCUT2D eigenvalue weighted by Crippen LogP contribution is 2.09. The molecular formula is C18H25IN4O2. The molecule has 0 radical (unpaired) electrons. The van der Waals surface area contributed by atoms with E-state index in [1.54, 1.807) is 20.4 Å². The second-order valence-corrected chi connectivity index (χ2v) is 5.19. The molecule has 0 amide bonds. The third-order valence-electron chi connectivity index (χ3n) is 3.47. The van der Waals surface area contributed by atoms with E-state index in [4.69, 9.17) is 9.47 Å². The van der Waals surface area contributed by atoms with Crippen LogP contribution in [0.4, 0.5) is 0 Å². The van der Waals surface area contributed by atoms with Gasteiger partial charge < -0.3 is 19.7 Å². The van der Waals surface area contributed by atoms with Gasteiger partial charge in [0.1, 0.15) is 12.4 Å². The first-order valence-electron chi connectivity index (χ1n) is 7.81. The third kappa shape index (κ3) is 7.16. The average molecular weight is 456 g/mol. The molecule has 1 N–H and O–H groups in total. The van der Waals surface area contributed by atoms with E-state index in [2.05, 4.69) is 15.3 Å². The average Bonchev–Trinajstić information content (AvgIpc) is 2.63. The summed E-state index contributed by atoms with van der Waals surface area (Å²) < 4.78 is 10.8. The van der Waals surface area contributed by atoms with Gasteiger partial charge in [-0.3, -0.25) is 4.99 Å². The highest BCUT2D eigenvalue weighted by atomic mass is 127. The van der Waals surface area contributed by atoms with E-state index in [0.717, 1.165) is 23.8 Å². The predicted molar refractivity (Wildman–Crippen MR) is 111 cm³/mol.